The number of fused-ring (bicyclic) bond motifs is 1. The van der Waals surface area contributed by atoms with Crippen molar-refractivity contribution in [3.63, 3.8) is 0 Å². The Hall–Kier alpha value is -0.640. The third kappa shape index (κ3) is 4.10. The molecule has 2 atom stereocenters. The molecule has 0 aliphatic carbocycles. The van der Waals surface area contributed by atoms with Crippen molar-refractivity contribution in [2.24, 2.45) is 5.92 Å². The van der Waals surface area contributed by atoms with E-state index in [1.165, 1.54) is 19.1 Å². The lowest BCUT2D eigenvalue weighted by Gasteiger charge is -2.50. The molecule has 6 nitrogen and oxygen atoms in total. The summed E-state index contributed by atoms with van der Waals surface area (Å²) in [7, 11) is -0.312. The second-order valence-electron chi connectivity index (χ2n) is 7.53. The quantitative estimate of drug-likeness (QED) is 0.760. The summed E-state index contributed by atoms with van der Waals surface area (Å²) in [4.78, 5) is 3.58. The van der Waals surface area contributed by atoms with Gasteiger partial charge in [-0.2, -0.15) is 17.0 Å². The van der Waals surface area contributed by atoms with Gasteiger partial charge in [0, 0.05) is 57.6 Å². The van der Waals surface area contributed by atoms with Crippen LogP contribution in [0, 0.1) is 5.92 Å². The van der Waals surface area contributed by atoms with Gasteiger partial charge in [0.15, 0.2) is 0 Å². The number of benzene rings is 1. The third-order valence-corrected chi connectivity index (χ3v) is 8.32. The average Bonchev–Trinajstić information content (AvgIpc) is 2.62. The van der Waals surface area contributed by atoms with Gasteiger partial charge in [-0.15, -0.1) is 11.8 Å². The van der Waals surface area contributed by atoms with Gasteiger partial charge in [0.2, 0.25) is 0 Å². The number of aliphatic hydroxyl groups is 1. The van der Waals surface area contributed by atoms with E-state index in [0.717, 1.165) is 19.6 Å². The van der Waals surface area contributed by atoms with Crippen LogP contribution in [0.15, 0.2) is 29.2 Å². The maximum Gasteiger partial charge on any atom is 0.281 e. The van der Waals surface area contributed by atoms with Gasteiger partial charge < -0.3 is 5.11 Å². The third-order valence-electron chi connectivity index (χ3n) is 5.67. The minimum absolute atomic E-state index is 0.0507. The number of hydrogen-bond acceptors (Lipinski definition) is 5. The van der Waals surface area contributed by atoms with E-state index in [0.29, 0.717) is 25.9 Å². The van der Waals surface area contributed by atoms with E-state index in [4.69, 9.17) is 0 Å². The summed E-state index contributed by atoms with van der Waals surface area (Å²) in [5, 5.41) is 11.0. The van der Waals surface area contributed by atoms with Crippen LogP contribution in [0.5, 0.6) is 0 Å². The molecular weight excluding hydrogens is 370 g/mol. The maximum atomic E-state index is 12.5. The zero-order valence-electron chi connectivity index (χ0n) is 15.8. The first-order chi connectivity index (χ1) is 12.2. The van der Waals surface area contributed by atoms with Crippen molar-refractivity contribution < 1.29 is 13.5 Å². The molecule has 2 fully saturated rings. The fourth-order valence-corrected chi connectivity index (χ4v) is 5.47. The molecule has 0 saturated carbocycles. The number of likely N-dealkylation sites (tertiary alicyclic amines) is 1. The van der Waals surface area contributed by atoms with E-state index in [1.807, 2.05) is 0 Å². The molecule has 2 saturated heterocycles. The van der Waals surface area contributed by atoms with Crippen LogP contribution in [0.3, 0.4) is 0 Å². The van der Waals surface area contributed by atoms with Crippen LogP contribution >= 0.6 is 11.8 Å². The zero-order valence-corrected chi connectivity index (χ0v) is 17.4. The molecule has 1 N–H and O–H groups in total. The Balaban J connectivity index is 1.67. The summed E-state index contributed by atoms with van der Waals surface area (Å²) >= 11 is 1.73. The summed E-state index contributed by atoms with van der Waals surface area (Å²) in [5.41, 5.74) is 0.513. The van der Waals surface area contributed by atoms with Crippen molar-refractivity contribution in [1.29, 1.82) is 0 Å². The lowest BCUT2D eigenvalue weighted by atomic mass is 9.76. The van der Waals surface area contributed by atoms with Gasteiger partial charge >= 0.3 is 0 Å². The second-order valence-corrected chi connectivity index (χ2v) is 10.6. The van der Waals surface area contributed by atoms with Crippen LogP contribution in [0.1, 0.15) is 18.4 Å². The molecule has 0 bridgehead atoms. The van der Waals surface area contributed by atoms with Gasteiger partial charge in [-0.3, -0.25) is 4.90 Å². The van der Waals surface area contributed by atoms with E-state index in [9.17, 15) is 13.5 Å². The first kappa shape index (κ1) is 20.1. The average molecular weight is 400 g/mol. The number of rotatable bonds is 5. The molecule has 0 amide bonds. The van der Waals surface area contributed by atoms with Crippen molar-refractivity contribution >= 4 is 22.0 Å². The smallest absolute Gasteiger partial charge is 0.281 e. The zero-order chi connectivity index (χ0) is 18.9. The molecule has 0 unspecified atom stereocenters. The van der Waals surface area contributed by atoms with Gasteiger partial charge in [-0.05, 0) is 36.8 Å². The maximum absolute atomic E-state index is 12.5. The molecule has 26 heavy (non-hydrogen) atoms. The summed E-state index contributed by atoms with van der Waals surface area (Å²) in [5.74, 6) is -0.0507. The number of hydrogen-bond donors (Lipinski definition) is 1. The van der Waals surface area contributed by atoms with Crippen molar-refractivity contribution in [1.82, 2.24) is 13.5 Å². The first-order valence-electron chi connectivity index (χ1n) is 9.00. The highest BCUT2D eigenvalue weighted by Gasteiger charge is 2.47. The number of piperidine rings is 2. The molecule has 8 heteroatoms. The Bertz CT molecular complexity index is 724. The van der Waals surface area contributed by atoms with E-state index in [2.05, 4.69) is 35.4 Å². The summed E-state index contributed by atoms with van der Waals surface area (Å²) in [6.07, 6.45) is 3.29. The highest BCUT2D eigenvalue weighted by molar-refractivity contribution is 7.98. The van der Waals surface area contributed by atoms with Gasteiger partial charge in [0.25, 0.3) is 10.2 Å². The molecular formula is C18H29N3O3S2. The van der Waals surface area contributed by atoms with Crippen LogP contribution in [-0.4, -0.2) is 79.2 Å². The molecule has 2 aliphatic heterocycles. The topological polar surface area (TPSA) is 64.1 Å². The highest BCUT2D eigenvalue weighted by atomic mass is 32.2. The molecule has 0 aromatic heterocycles. The number of nitrogens with zero attached hydrogens (tertiary/aromatic N) is 3. The van der Waals surface area contributed by atoms with Crippen LogP contribution in [0.25, 0.3) is 0 Å². The SMILES string of the molecule is CSc1ccc(CN2CC[C@]3(O)CCN(S(=O)(=O)N(C)C)C[C@@H]3C2)cc1. The largest absolute Gasteiger partial charge is 0.389 e. The lowest BCUT2D eigenvalue weighted by molar-refractivity contribution is -0.103. The van der Waals surface area contributed by atoms with Crippen molar-refractivity contribution in [3.8, 4) is 0 Å². The van der Waals surface area contributed by atoms with Crippen molar-refractivity contribution in [2.45, 2.75) is 29.9 Å². The van der Waals surface area contributed by atoms with Crippen molar-refractivity contribution in [3.05, 3.63) is 29.8 Å². The minimum Gasteiger partial charge on any atom is -0.389 e. The predicted molar refractivity (Wildman–Crippen MR) is 105 cm³/mol. The standard InChI is InChI=1S/C18H29N3O3S2/c1-19(2)26(23,24)21-11-9-18(22)8-10-20(13-16(18)14-21)12-15-4-6-17(25-3)7-5-15/h4-7,16,22H,8-14H2,1-3H3/t16-,18-/m0/s1. The normalized spacial score (nSPS) is 28.3. The summed E-state index contributed by atoms with van der Waals surface area (Å²) < 4.78 is 27.7. The molecule has 2 aliphatic rings. The Kier molecular flexibility index (Phi) is 6.01. The van der Waals surface area contributed by atoms with Crippen LogP contribution in [-0.2, 0) is 16.8 Å². The van der Waals surface area contributed by atoms with Crippen LogP contribution < -0.4 is 0 Å². The van der Waals surface area contributed by atoms with E-state index >= 15 is 0 Å². The predicted octanol–water partition coefficient (Wildman–Crippen LogP) is 1.47. The summed E-state index contributed by atoms with van der Waals surface area (Å²) in [6.45, 7) is 3.18. The lowest BCUT2D eigenvalue weighted by Crippen LogP contribution is -2.61. The van der Waals surface area contributed by atoms with Crippen LogP contribution in [0.2, 0.25) is 0 Å². The molecule has 2 heterocycles. The Morgan fingerprint density at radius 3 is 2.46 bits per heavy atom. The molecule has 0 spiro atoms. The molecule has 1 aromatic rings. The fraction of sp³-hybridized carbons (Fsp3) is 0.667. The second kappa shape index (κ2) is 7.77. The van der Waals surface area contributed by atoms with Gasteiger partial charge in [0.05, 0.1) is 5.60 Å². The Labute approximate surface area is 161 Å². The monoisotopic (exact) mass is 399 g/mol. The van der Waals surface area contributed by atoms with Gasteiger partial charge in [0.1, 0.15) is 0 Å². The van der Waals surface area contributed by atoms with Crippen LogP contribution in [0.4, 0.5) is 0 Å². The van der Waals surface area contributed by atoms with E-state index < -0.39 is 15.8 Å². The van der Waals surface area contributed by atoms with Gasteiger partial charge in [-0.1, -0.05) is 12.1 Å². The van der Waals surface area contributed by atoms with Gasteiger partial charge in [-0.25, -0.2) is 0 Å². The van der Waals surface area contributed by atoms with E-state index in [-0.39, 0.29) is 5.92 Å². The molecule has 3 rings (SSSR count). The Morgan fingerprint density at radius 2 is 1.85 bits per heavy atom. The minimum atomic E-state index is -3.43. The van der Waals surface area contributed by atoms with Crippen molar-refractivity contribution in [2.75, 3.05) is 46.5 Å². The highest BCUT2D eigenvalue weighted by Crippen LogP contribution is 2.37. The molecule has 0 radical (unpaired) electrons. The van der Waals surface area contributed by atoms with E-state index in [1.54, 1.807) is 25.9 Å². The Morgan fingerprint density at radius 1 is 1.19 bits per heavy atom. The fourth-order valence-electron chi connectivity index (χ4n) is 3.91. The summed E-state index contributed by atoms with van der Waals surface area (Å²) in [6, 6.07) is 8.56. The molecule has 1 aromatic carbocycles. The number of thioether (sulfide) groups is 1. The molecule has 146 valence electrons. The first-order valence-corrected chi connectivity index (χ1v) is 11.6.